The second-order valence-corrected chi connectivity index (χ2v) is 8.09. The third-order valence-electron chi connectivity index (χ3n) is 6.04. The second-order valence-electron chi connectivity index (χ2n) is 8.09. The minimum atomic E-state index is -0.321. The van der Waals surface area contributed by atoms with E-state index in [-0.39, 0.29) is 18.6 Å². The number of carbonyl (C=O) groups excluding carboxylic acids is 1. The van der Waals surface area contributed by atoms with Crippen LogP contribution in [-0.4, -0.2) is 52.7 Å². The Bertz CT molecular complexity index is 894. The molecule has 2 bridgehead atoms. The molecule has 1 aromatic carbocycles. The molecule has 3 aliphatic rings. The first-order valence-corrected chi connectivity index (χ1v) is 10.3. The summed E-state index contributed by atoms with van der Waals surface area (Å²) < 4.78 is 5.49. The van der Waals surface area contributed by atoms with Crippen molar-refractivity contribution in [1.29, 1.82) is 0 Å². The first-order valence-electron chi connectivity index (χ1n) is 10.3. The van der Waals surface area contributed by atoms with Crippen LogP contribution in [0.25, 0.3) is 0 Å². The number of amides is 1. The molecule has 0 saturated carbocycles. The van der Waals surface area contributed by atoms with Crippen LogP contribution in [0.4, 0.5) is 16.6 Å². The molecule has 2 aromatic rings. The zero-order valence-electron chi connectivity index (χ0n) is 16.4. The molecule has 1 amide bonds. The number of rotatable bonds is 3. The summed E-state index contributed by atoms with van der Waals surface area (Å²) in [6.07, 6.45) is 2.82. The number of fused-ring (bicyclic) bond motifs is 3. The molecule has 8 heteroatoms. The van der Waals surface area contributed by atoms with Crippen molar-refractivity contribution in [1.82, 2.24) is 20.2 Å². The maximum Gasteiger partial charge on any atom is 0.410 e. The van der Waals surface area contributed by atoms with Crippen LogP contribution in [0, 0.1) is 0 Å². The van der Waals surface area contributed by atoms with Crippen LogP contribution < -0.4 is 16.0 Å². The van der Waals surface area contributed by atoms with Gasteiger partial charge in [0.15, 0.2) is 0 Å². The molecule has 2 saturated heterocycles. The topological polar surface area (TPSA) is 96.6 Å². The molecular weight excluding hydrogens is 368 g/mol. The van der Waals surface area contributed by atoms with Gasteiger partial charge in [-0.3, -0.25) is 0 Å². The van der Waals surface area contributed by atoms with Crippen molar-refractivity contribution in [3.8, 4) is 0 Å². The smallest absolute Gasteiger partial charge is 0.410 e. The Labute approximate surface area is 170 Å². The van der Waals surface area contributed by atoms with E-state index in [1.165, 1.54) is 12.8 Å². The van der Waals surface area contributed by atoms with E-state index in [0.717, 1.165) is 35.7 Å². The van der Waals surface area contributed by atoms with Gasteiger partial charge in [-0.15, -0.1) is 0 Å². The minimum absolute atomic E-state index is 0.268. The first-order chi connectivity index (χ1) is 14.2. The van der Waals surface area contributed by atoms with Crippen LogP contribution in [0.1, 0.15) is 29.7 Å². The summed E-state index contributed by atoms with van der Waals surface area (Å²) in [6.45, 7) is 3.16. The average Bonchev–Trinajstić information content (AvgIpc) is 3.09. The number of anilines is 2. The van der Waals surface area contributed by atoms with Gasteiger partial charge < -0.3 is 25.6 Å². The van der Waals surface area contributed by atoms with Gasteiger partial charge in [0, 0.05) is 37.3 Å². The van der Waals surface area contributed by atoms with E-state index in [1.54, 1.807) is 4.90 Å². The number of piperazine rings is 1. The molecule has 4 heterocycles. The molecule has 8 nitrogen and oxygen atoms in total. The number of ether oxygens (including phenoxy) is 1. The predicted molar refractivity (Wildman–Crippen MR) is 109 cm³/mol. The van der Waals surface area contributed by atoms with E-state index >= 15 is 0 Å². The highest BCUT2D eigenvalue weighted by Crippen LogP contribution is 2.31. The van der Waals surface area contributed by atoms with Gasteiger partial charge in [0.2, 0.25) is 5.95 Å². The number of hydrogen-bond donors (Lipinski definition) is 2. The van der Waals surface area contributed by atoms with E-state index in [9.17, 15) is 4.79 Å². The highest BCUT2D eigenvalue weighted by atomic mass is 16.6. The van der Waals surface area contributed by atoms with E-state index in [1.807, 2.05) is 30.3 Å². The van der Waals surface area contributed by atoms with Crippen LogP contribution >= 0.6 is 0 Å². The van der Waals surface area contributed by atoms with Crippen molar-refractivity contribution in [2.24, 2.45) is 0 Å². The van der Waals surface area contributed by atoms with E-state index in [4.69, 9.17) is 10.5 Å². The third kappa shape index (κ3) is 3.72. The molecule has 2 atom stereocenters. The normalized spacial score (nSPS) is 23.0. The standard InChI is InChI=1S/C21H26N6O2/c22-20-24-18-12-26(21(28)29-13-14-4-2-1-3-5-14)9-8-17(18)19(25-20)27-10-15-6-7-16(11-27)23-15/h1-5,15-16,23H,6-13H2,(H2,22,24,25)/t15-,16+. The fourth-order valence-corrected chi connectivity index (χ4v) is 4.63. The van der Waals surface area contributed by atoms with Gasteiger partial charge in [-0.25, -0.2) is 9.78 Å². The summed E-state index contributed by atoms with van der Waals surface area (Å²) in [5, 5.41) is 3.65. The third-order valence-corrected chi connectivity index (χ3v) is 6.04. The lowest BCUT2D eigenvalue weighted by Crippen LogP contribution is -2.52. The number of aromatic nitrogens is 2. The molecule has 5 rings (SSSR count). The van der Waals surface area contributed by atoms with Crippen molar-refractivity contribution in [3.63, 3.8) is 0 Å². The van der Waals surface area contributed by atoms with E-state index in [0.29, 0.717) is 31.6 Å². The van der Waals surface area contributed by atoms with Crippen molar-refractivity contribution in [2.45, 2.75) is 44.5 Å². The van der Waals surface area contributed by atoms with E-state index < -0.39 is 0 Å². The quantitative estimate of drug-likeness (QED) is 0.818. The fraction of sp³-hybridized carbons (Fsp3) is 0.476. The van der Waals surface area contributed by atoms with Crippen LogP contribution in [0.5, 0.6) is 0 Å². The van der Waals surface area contributed by atoms with Crippen molar-refractivity contribution in [3.05, 3.63) is 47.2 Å². The number of nitrogens with two attached hydrogens (primary N) is 1. The number of hydrogen-bond acceptors (Lipinski definition) is 7. The summed E-state index contributed by atoms with van der Waals surface area (Å²) >= 11 is 0. The molecule has 2 fully saturated rings. The number of nitrogen functional groups attached to an aromatic ring is 1. The van der Waals surface area contributed by atoms with Gasteiger partial charge in [0.1, 0.15) is 12.4 Å². The molecule has 152 valence electrons. The summed E-state index contributed by atoms with van der Waals surface area (Å²) in [5.74, 6) is 1.22. The fourth-order valence-electron chi connectivity index (χ4n) is 4.63. The van der Waals surface area contributed by atoms with Crippen molar-refractivity contribution in [2.75, 3.05) is 30.3 Å². The summed E-state index contributed by atoms with van der Waals surface area (Å²) in [4.78, 5) is 25.6. The largest absolute Gasteiger partial charge is 0.445 e. The molecular formula is C21H26N6O2. The molecule has 0 radical (unpaired) electrons. The summed E-state index contributed by atoms with van der Waals surface area (Å²) in [5.41, 5.74) is 8.96. The number of carbonyl (C=O) groups is 1. The minimum Gasteiger partial charge on any atom is -0.445 e. The Morgan fingerprint density at radius 3 is 2.69 bits per heavy atom. The van der Waals surface area contributed by atoms with Gasteiger partial charge in [-0.1, -0.05) is 30.3 Å². The second kappa shape index (κ2) is 7.51. The average molecular weight is 394 g/mol. The van der Waals surface area contributed by atoms with Crippen LogP contribution in [0.15, 0.2) is 30.3 Å². The number of benzene rings is 1. The zero-order valence-corrected chi connectivity index (χ0v) is 16.4. The first kappa shape index (κ1) is 18.2. The van der Waals surface area contributed by atoms with Gasteiger partial charge in [-0.05, 0) is 24.8 Å². The molecule has 0 spiro atoms. The van der Waals surface area contributed by atoms with Crippen LogP contribution in [0.3, 0.4) is 0 Å². The molecule has 3 N–H and O–H groups in total. The van der Waals surface area contributed by atoms with Gasteiger partial charge in [-0.2, -0.15) is 4.98 Å². The predicted octanol–water partition coefficient (Wildman–Crippen LogP) is 1.69. The monoisotopic (exact) mass is 394 g/mol. The van der Waals surface area contributed by atoms with Crippen LogP contribution in [-0.2, 0) is 24.3 Å². The SMILES string of the molecule is Nc1nc2c(c(N3C[C@H]4CC[C@@H](C3)N4)n1)CCN(C(=O)OCc1ccccc1)C2. The maximum absolute atomic E-state index is 12.6. The van der Waals surface area contributed by atoms with E-state index in [2.05, 4.69) is 20.2 Å². The summed E-state index contributed by atoms with van der Waals surface area (Å²) in [6, 6.07) is 10.7. The van der Waals surface area contributed by atoms with Crippen LogP contribution in [0.2, 0.25) is 0 Å². The molecule has 0 unspecified atom stereocenters. The van der Waals surface area contributed by atoms with Gasteiger partial charge in [0.05, 0.1) is 12.2 Å². The van der Waals surface area contributed by atoms with Crippen molar-refractivity contribution < 1.29 is 9.53 Å². The van der Waals surface area contributed by atoms with Gasteiger partial charge >= 0.3 is 6.09 Å². The maximum atomic E-state index is 12.6. The summed E-state index contributed by atoms with van der Waals surface area (Å²) in [7, 11) is 0. The lowest BCUT2D eigenvalue weighted by atomic mass is 10.0. The number of nitrogens with one attached hydrogen (secondary N) is 1. The highest BCUT2D eigenvalue weighted by molar-refractivity contribution is 5.68. The Morgan fingerprint density at radius 2 is 1.93 bits per heavy atom. The van der Waals surface area contributed by atoms with Crippen molar-refractivity contribution >= 4 is 17.9 Å². The van der Waals surface area contributed by atoms with Gasteiger partial charge in [0.25, 0.3) is 0 Å². The lowest BCUT2D eigenvalue weighted by molar-refractivity contribution is 0.0912. The zero-order chi connectivity index (χ0) is 19.8. The lowest BCUT2D eigenvalue weighted by Gasteiger charge is -2.36. The molecule has 29 heavy (non-hydrogen) atoms. The Kier molecular flexibility index (Phi) is 4.71. The molecule has 3 aliphatic heterocycles. The molecule has 1 aromatic heterocycles. The highest BCUT2D eigenvalue weighted by Gasteiger charge is 2.35. The Morgan fingerprint density at radius 1 is 1.17 bits per heavy atom. The number of nitrogens with zero attached hydrogens (tertiary/aromatic N) is 4. The molecule has 0 aliphatic carbocycles. The Balaban J connectivity index is 1.30. The Hall–Kier alpha value is -2.87.